The Morgan fingerprint density at radius 3 is 2.36 bits per heavy atom. The number of allylic oxidation sites excluding steroid dienone is 4. The molecule has 1 nitrogen and oxygen atoms in total. The molecule has 22 heavy (non-hydrogen) atoms. The molecule has 0 heterocycles. The molecule has 2 rings (SSSR count). The van der Waals surface area contributed by atoms with Crippen molar-refractivity contribution in [1.29, 1.82) is 0 Å². The molecule has 0 atom stereocenters. The van der Waals surface area contributed by atoms with Gasteiger partial charge in [0.1, 0.15) is 0 Å². The lowest BCUT2D eigenvalue weighted by Gasteiger charge is -2.22. The Morgan fingerprint density at radius 1 is 1.18 bits per heavy atom. The number of rotatable bonds is 5. The predicted octanol–water partition coefficient (Wildman–Crippen LogP) is 6.53. The standard InChI is InChI=1S/C19H25Cl2N/c1-6-7-8-14-16(15-10-12(2)9-13(15)3)11-17(20)19(18(14)21)22(4)5/h9,11H,6-8,10H2,1-5H3. The van der Waals surface area contributed by atoms with Gasteiger partial charge >= 0.3 is 0 Å². The maximum absolute atomic E-state index is 6.75. The van der Waals surface area contributed by atoms with Gasteiger partial charge in [-0.2, -0.15) is 0 Å². The van der Waals surface area contributed by atoms with Crippen molar-refractivity contribution < 1.29 is 0 Å². The molecule has 120 valence electrons. The van der Waals surface area contributed by atoms with Crippen molar-refractivity contribution >= 4 is 34.5 Å². The number of hydrogen-bond donors (Lipinski definition) is 0. The van der Waals surface area contributed by atoms with Gasteiger partial charge in [-0.05, 0) is 61.4 Å². The van der Waals surface area contributed by atoms with E-state index in [1.54, 1.807) is 0 Å². The van der Waals surface area contributed by atoms with Gasteiger partial charge in [-0.15, -0.1) is 0 Å². The second-order valence-corrected chi connectivity index (χ2v) is 7.16. The molecule has 3 heteroatoms. The molecule has 1 aromatic rings. The minimum atomic E-state index is 0.732. The van der Waals surface area contributed by atoms with Crippen LogP contribution in [0.4, 0.5) is 5.69 Å². The summed E-state index contributed by atoms with van der Waals surface area (Å²) in [6.07, 6.45) is 6.56. The normalized spacial score (nSPS) is 14.6. The zero-order valence-electron chi connectivity index (χ0n) is 14.2. The third kappa shape index (κ3) is 3.36. The fourth-order valence-corrected chi connectivity index (χ4v) is 4.05. The third-order valence-corrected chi connectivity index (χ3v) is 4.94. The van der Waals surface area contributed by atoms with Gasteiger partial charge in [0.2, 0.25) is 0 Å². The summed E-state index contributed by atoms with van der Waals surface area (Å²) < 4.78 is 0. The van der Waals surface area contributed by atoms with E-state index in [0.717, 1.165) is 41.4 Å². The average Bonchev–Trinajstić information content (AvgIpc) is 2.75. The smallest absolute Gasteiger partial charge is 0.0743 e. The van der Waals surface area contributed by atoms with Gasteiger partial charge in [0.05, 0.1) is 15.7 Å². The van der Waals surface area contributed by atoms with E-state index >= 15 is 0 Å². The second-order valence-electron chi connectivity index (χ2n) is 6.37. The van der Waals surface area contributed by atoms with Crippen LogP contribution in [0, 0.1) is 0 Å². The predicted molar refractivity (Wildman–Crippen MR) is 100 cm³/mol. The quantitative estimate of drug-likeness (QED) is 0.590. The molecule has 0 bridgehead atoms. The summed E-state index contributed by atoms with van der Waals surface area (Å²) in [4.78, 5) is 2.00. The zero-order chi connectivity index (χ0) is 16.4. The van der Waals surface area contributed by atoms with Crippen LogP contribution in [-0.2, 0) is 6.42 Å². The maximum Gasteiger partial charge on any atom is 0.0743 e. The Morgan fingerprint density at radius 2 is 1.86 bits per heavy atom. The second kappa shape index (κ2) is 7.10. The molecule has 0 saturated heterocycles. The van der Waals surface area contributed by atoms with Gasteiger partial charge in [-0.3, -0.25) is 0 Å². The third-order valence-electron chi connectivity index (χ3n) is 4.24. The van der Waals surface area contributed by atoms with Crippen molar-refractivity contribution in [2.75, 3.05) is 19.0 Å². The van der Waals surface area contributed by atoms with Crippen molar-refractivity contribution in [2.45, 2.75) is 46.5 Å². The monoisotopic (exact) mass is 337 g/mol. The molecule has 0 aromatic heterocycles. The van der Waals surface area contributed by atoms with E-state index in [9.17, 15) is 0 Å². The highest BCUT2D eigenvalue weighted by Gasteiger charge is 2.21. The molecule has 0 aliphatic heterocycles. The number of unbranched alkanes of at least 4 members (excludes halogenated alkanes) is 1. The van der Waals surface area contributed by atoms with Gasteiger partial charge in [-0.1, -0.05) is 48.2 Å². The molecule has 0 spiro atoms. The molecule has 0 N–H and O–H groups in total. The Balaban J connectivity index is 2.61. The van der Waals surface area contributed by atoms with Crippen LogP contribution in [0.1, 0.15) is 51.2 Å². The summed E-state index contributed by atoms with van der Waals surface area (Å²) in [7, 11) is 3.98. The minimum absolute atomic E-state index is 0.732. The van der Waals surface area contributed by atoms with Gasteiger partial charge < -0.3 is 4.90 Å². The van der Waals surface area contributed by atoms with Crippen LogP contribution in [0.2, 0.25) is 10.0 Å². The van der Waals surface area contributed by atoms with Crippen molar-refractivity contribution in [3.63, 3.8) is 0 Å². The fraction of sp³-hybridized carbons (Fsp3) is 0.474. The Hall–Kier alpha value is -0.920. The number of halogens is 2. The van der Waals surface area contributed by atoms with E-state index in [2.05, 4.69) is 32.9 Å². The molecule has 0 unspecified atom stereocenters. The SMILES string of the molecule is CCCCc1c(C2=C(C)C=C(C)C2)cc(Cl)c(N(C)C)c1Cl. The highest BCUT2D eigenvalue weighted by Crippen LogP contribution is 2.43. The number of anilines is 1. The maximum atomic E-state index is 6.75. The summed E-state index contributed by atoms with van der Waals surface area (Å²) in [5, 5.41) is 1.54. The number of nitrogens with zero attached hydrogens (tertiary/aromatic N) is 1. The van der Waals surface area contributed by atoms with E-state index in [0.29, 0.717) is 0 Å². The van der Waals surface area contributed by atoms with E-state index in [1.165, 1.54) is 27.8 Å². The van der Waals surface area contributed by atoms with Crippen LogP contribution in [-0.4, -0.2) is 14.1 Å². The number of benzene rings is 1. The lowest BCUT2D eigenvalue weighted by atomic mass is 9.92. The molecule has 1 aliphatic rings. The van der Waals surface area contributed by atoms with E-state index in [1.807, 2.05) is 19.0 Å². The zero-order valence-corrected chi connectivity index (χ0v) is 15.7. The highest BCUT2D eigenvalue weighted by atomic mass is 35.5. The van der Waals surface area contributed by atoms with Gasteiger partial charge in [0, 0.05) is 14.1 Å². The fourth-order valence-electron chi connectivity index (χ4n) is 3.16. The molecular formula is C19H25Cl2N. The average molecular weight is 338 g/mol. The molecule has 0 amide bonds. The molecule has 0 fully saturated rings. The lowest BCUT2D eigenvalue weighted by molar-refractivity contribution is 0.793. The summed E-state index contributed by atoms with van der Waals surface area (Å²) in [5.41, 5.74) is 7.52. The van der Waals surface area contributed by atoms with Crippen LogP contribution in [0.3, 0.4) is 0 Å². The Kier molecular flexibility index (Phi) is 5.63. The minimum Gasteiger partial charge on any atom is -0.375 e. The van der Waals surface area contributed by atoms with Crippen LogP contribution in [0.15, 0.2) is 23.3 Å². The van der Waals surface area contributed by atoms with Gasteiger partial charge in [-0.25, -0.2) is 0 Å². The Bertz CT molecular complexity index is 639. The first-order valence-corrected chi connectivity index (χ1v) is 8.67. The largest absolute Gasteiger partial charge is 0.375 e. The van der Waals surface area contributed by atoms with Crippen LogP contribution < -0.4 is 4.90 Å². The van der Waals surface area contributed by atoms with Crippen molar-refractivity contribution in [1.82, 2.24) is 0 Å². The van der Waals surface area contributed by atoms with Gasteiger partial charge in [0.25, 0.3) is 0 Å². The summed E-state index contributed by atoms with van der Waals surface area (Å²) in [5.74, 6) is 0. The molecule has 1 aromatic carbocycles. The summed E-state index contributed by atoms with van der Waals surface area (Å²) >= 11 is 13.3. The van der Waals surface area contributed by atoms with E-state index < -0.39 is 0 Å². The van der Waals surface area contributed by atoms with Crippen LogP contribution in [0.5, 0.6) is 0 Å². The van der Waals surface area contributed by atoms with Crippen LogP contribution in [0.25, 0.3) is 5.57 Å². The molecular weight excluding hydrogens is 313 g/mol. The molecule has 1 aliphatic carbocycles. The first-order valence-electron chi connectivity index (χ1n) is 7.92. The highest BCUT2D eigenvalue weighted by molar-refractivity contribution is 6.40. The van der Waals surface area contributed by atoms with Crippen molar-refractivity contribution in [3.8, 4) is 0 Å². The topological polar surface area (TPSA) is 3.24 Å². The first-order chi connectivity index (χ1) is 10.4. The Labute approximate surface area is 144 Å². The first kappa shape index (κ1) is 17.4. The molecule has 0 saturated carbocycles. The van der Waals surface area contributed by atoms with E-state index in [-0.39, 0.29) is 0 Å². The molecule has 0 radical (unpaired) electrons. The van der Waals surface area contributed by atoms with Crippen LogP contribution >= 0.6 is 23.2 Å². The number of hydrogen-bond acceptors (Lipinski definition) is 1. The summed E-state index contributed by atoms with van der Waals surface area (Å²) in [6.45, 7) is 6.57. The van der Waals surface area contributed by atoms with E-state index in [4.69, 9.17) is 23.2 Å². The van der Waals surface area contributed by atoms with Crippen molar-refractivity contribution in [3.05, 3.63) is 44.5 Å². The summed E-state index contributed by atoms with van der Waals surface area (Å²) in [6, 6.07) is 2.11. The lowest BCUT2D eigenvalue weighted by Crippen LogP contribution is -2.12. The van der Waals surface area contributed by atoms with Crippen molar-refractivity contribution in [2.24, 2.45) is 0 Å². The van der Waals surface area contributed by atoms with Gasteiger partial charge in [0.15, 0.2) is 0 Å².